The molecule has 0 aliphatic carbocycles. The van der Waals surface area contributed by atoms with E-state index in [9.17, 15) is 5.11 Å². The molecule has 1 aromatic carbocycles. The van der Waals surface area contributed by atoms with Crippen molar-refractivity contribution in [3.63, 3.8) is 0 Å². The Labute approximate surface area is 123 Å². The summed E-state index contributed by atoms with van der Waals surface area (Å²) in [5.74, 6) is 0.806. The van der Waals surface area contributed by atoms with Crippen LogP contribution in [-0.4, -0.2) is 30.5 Å². The predicted molar refractivity (Wildman–Crippen MR) is 78.6 cm³/mol. The largest absolute Gasteiger partial charge is 0.497 e. The Morgan fingerprint density at radius 3 is 2.89 bits per heavy atom. The van der Waals surface area contributed by atoms with Gasteiger partial charge in [-0.3, -0.25) is 0 Å². The topological polar surface area (TPSA) is 38.7 Å². The van der Waals surface area contributed by atoms with Gasteiger partial charge in [0.2, 0.25) is 0 Å². The van der Waals surface area contributed by atoms with E-state index in [1.165, 1.54) is 0 Å². The molecule has 0 spiro atoms. The zero-order valence-corrected chi connectivity index (χ0v) is 13.1. The standard InChI is InChI=1S/C15H21BrO3/c1-15(7-3-4-8-19-15)14(17)10-11-9-12(18-2)5-6-13(11)16/h5-6,9,14,17H,3-4,7-8,10H2,1-2H3. The lowest BCUT2D eigenvalue weighted by Gasteiger charge is -2.38. The van der Waals surface area contributed by atoms with Gasteiger partial charge in [0, 0.05) is 17.5 Å². The van der Waals surface area contributed by atoms with Gasteiger partial charge in [-0.2, -0.15) is 0 Å². The van der Waals surface area contributed by atoms with Crippen LogP contribution in [0.15, 0.2) is 22.7 Å². The third kappa shape index (κ3) is 3.50. The summed E-state index contributed by atoms with van der Waals surface area (Å²) in [6, 6.07) is 5.81. The van der Waals surface area contributed by atoms with Crippen molar-refractivity contribution in [2.75, 3.05) is 13.7 Å². The smallest absolute Gasteiger partial charge is 0.119 e. The quantitative estimate of drug-likeness (QED) is 0.921. The summed E-state index contributed by atoms with van der Waals surface area (Å²) in [7, 11) is 1.65. The van der Waals surface area contributed by atoms with Crippen LogP contribution in [0, 0.1) is 0 Å². The van der Waals surface area contributed by atoms with Gasteiger partial charge >= 0.3 is 0 Å². The molecule has 3 nitrogen and oxygen atoms in total. The molecule has 1 aliphatic rings. The van der Waals surface area contributed by atoms with Crippen molar-refractivity contribution in [3.05, 3.63) is 28.2 Å². The first-order chi connectivity index (χ1) is 9.05. The fourth-order valence-corrected chi connectivity index (χ4v) is 2.89. The first-order valence-corrected chi connectivity index (χ1v) is 7.49. The zero-order chi connectivity index (χ0) is 13.9. The molecule has 0 radical (unpaired) electrons. The zero-order valence-electron chi connectivity index (χ0n) is 11.5. The summed E-state index contributed by atoms with van der Waals surface area (Å²) in [6.45, 7) is 2.75. The van der Waals surface area contributed by atoms with Crippen molar-refractivity contribution in [2.24, 2.45) is 0 Å². The summed E-state index contributed by atoms with van der Waals surface area (Å²) in [5, 5.41) is 10.5. The Morgan fingerprint density at radius 1 is 1.47 bits per heavy atom. The van der Waals surface area contributed by atoms with Gasteiger partial charge in [-0.1, -0.05) is 15.9 Å². The van der Waals surface area contributed by atoms with Crippen LogP contribution >= 0.6 is 15.9 Å². The Balaban J connectivity index is 2.11. The van der Waals surface area contributed by atoms with Crippen LogP contribution in [0.25, 0.3) is 0 Å². The fraction of sp³-hybridized carbons (Fsp3) is 0.600. The minimum atomic E-state index is -0.504. The third-order valence-corrected chi connectivity index (χ3v) is 4.64. The number of methoxy groups -OCH3 is 1. The number of hydrogen-bond donors (Lipinski definition) is 1. The first-order valence-electron chi connectivity index (χ1n) is 6.69. The minimum Gasteiger partial charge on any atom is -0.497 e. The molecule has 0 bridgehead atoms. The SMILES string of the molecule is COc1ccc(Br)c(CC(O)C2(C)CCCCO2)c1. The Kier molecular flexibility index (Phi) is 4.87. The highest BCUT2D eigenvalue weighted by atomic mass is 79.9. The number of hydrogen-bond acceptors (Lipinski definition) is 3. The van der Waals surface area contributed by atoms with E-state index < -0.39 is 11.7 Å². The molecule has 19 heavy (non-hydrogen) atoms. The first kappa shape index (κ1) is 14.8. The molecule has 2 rings (SSSR count). The maximum absolute atomic E-state index is 10.5. The molecule has 1 heterocycles. The Morgan fingerprint density at radius 2 is 2.26 bits per heavy atom. The monoisotopic (exact) mass is 328 g/mol. The maximum atomic E-state index is 10.5. The molecule has 0 aromatic heterocycles. The number of aliphatic hydroxyl groups is 1. The van der Waals surface area contributed by atoms with Gasteiger partial charge in [0.1, 0.15) is 5.75 Å². The molecular weight excluding hydrogens is 308 g/mol. The Bertz CT molecular complexity index is 427. The van der Waals surface area contributed by atoms with Crippen molar-refractivity contribution < 1.29 is 14.6 Å². The molecule has 2 unspecified atom stereocenters. The lowest BCUT2D eigenvalue weighted by atomic mass is 9.87. The lowest BCUT2D eigenvalue weighted by Crippen LogP contribution is -2.45. The van der Waals surface area contributed by atoms with Gasteiger partial charge in [-0.05, 0) is 49.9 Å². The summed E-state index contributed by atoms with van der Waals surface area (Å²) in [6.07, 6.45) is 3.18. The number of halogens is 1. The van der Waals surface area contributed by atoms with E-state index >= 15 is 0 Å². The second-order valence-electron chi connectivity index (χ2n) is 5.30. The summed E-state index contributed by atoms with van der Waals surface area (Å²) < 4.78 is 12.0. The van der Waals surface area contributed by atoms with Crippen LogP contribution in [0.3, 0.4) is 0 Å². The van der Waals surface area contributed by atoms with E-state index in [0.717, 1.165) is 41.7 Å². The van der Waals surface area contributed by atoms with E-state index in [4.69, 9.17) is 9.47 Å². The maximum Gasteiger partial charge on any atom is 0.119 e. The highest BCUT2D eigenvalue weighted by Crippen LogP contribution is 2.31. The van der Waals surface area contributed by atoms with Gasteiger partial charge in [0.15, 0.2) is 0 Å². The summed E-state index contributed by atoms with van der Waals surface area (Å²) in [5.41, 5.74) is 0.614. The molecule has 1 N–H and O–H groups in total. The second-order valence-corrected chi connectivity index (χ2v) is 6.15. The second kappa shape index (κ2) is 6.25. The molecule has 4 heteroatoms. The van der Waals surface area contributed by atoms with Gasteiger partial charge in [0.05, 0.1) is 18.8 Å². The molecule has 1 saturated heterocycles. The number of aliphatic hydroxyl groups excluding tert-OH is 1. The van der Waals surface area contributed by atoms with Crippen LogP contribution in [0.4, 0.5) is 0 Å². The normalized spacial score (nSPS) is 25.1. The number of benzene rings is 1. The van der Waals surface area contributed by atoms with E-state index in [2.05, 4.69) is 15.9 Å². The number of ether oxygens (including phenoxy) is 2. The highest BCUT2D eigenvalue weighted by molar-refractivity contribution is 9.10. The van der Waals surface area contributed by atoms with Crippen molar-refractivity contribution in [1.82, 2.24) is 0 Å². The van der Waals surface area contributed by atoms with Gasteiger partial charge < -0.3 is 14.6 Å². The average Bonchev–Trinajstić information content (AvgIpc) is 2.42. The predicted octanol–water partition coefficient (Wildman–Crippen LogP) is 3.32. The average molecular weight is 329 g/mol. The molecule has 0 saturated carbocycles. The van der Waals surface area contributed by atoms with Crippen molar-refractivity contribution in [1.29, 1.82) is 0 Å². The fourth-order valence-electron chi connectivity index (χ4n) is 2.48. The van der Waals surface area contributed by atoms with E-state index in [0.29, 0.717) is 6.42 Å². The highest BCUT2D eigenvalue weighted by Gasteiger charge is 2.35. The molecule has 106 valence electrons. The van der Waals surface area contributed by atoms with E-state index in [1.54, 1.807) is 7.11 Å². The van der Waals surface area contributed by atoms with Crippen molar-refractivity contribution >= 4 is 15.9 Å². The summed E-state index contributed by atoms with van der Waals surface area (Å²) >= 11 is 3.52. The lowest BCUT2D eigenvalue weighted by molar-refractivity contribution is -0.135. The van der Waals surface area contributed by atoms with Gasteiger partial charge in [-0.25, -0.2) is 0 Å². The van der Waals surface area contributed by atoms with Crippen LogP contribution < -0.4 is 4.74 Å². The van der Waals surface area contributed by atoms with Crippen molar-refractivity contribution in [3.8, 4) is 5.75 Å². The summed E-state index contributed by atoms with van der Waals surface area (Å²) in [4.78, 5) is 0. The molecule has 1 aromatic rings. The van der Waals surface area contributed by atoms with Crippen LogP contribution in [-0.2, 0) is 11.2 Å². The molecule has 2 atom stereocenters. The minimum absolute atomic E-state index is 0.430. The molecule has 1 aliphatic heterocycles. The third-order valence-electron chi connectivity index (χ3n) is 3.87. The Hall–Kier alpha value is -0.580. The van der Waals surface area contributed by atoms with Crippen molar-refractivity contribution in [2.45, 2.75) is 44.3 Å². The van der Waals surface area contributed by atoms with Crippen LogP contribution in [0.5, 0.6) is 5.75 Å². The van der Waals surface area contributed by atoms with E-state index in [-0.39, 0.29) is 0 Å². The molecule has 0 amide bonds. The van der Waals surface area contributed by atoms with Gasteiger partial charge in [-0.15, -0.1) is 0 Å². The van der Waals surface area contributed by atoms with Crippen LogP contribution in [0.2, 0.25) is 0 Å². The van der Waals surface area contributed by atoms with Gasteiger partial charge in [0.25, 0.3) is 0 Å². The molecule has 1 fully saturated rings. The number of rotatable bonds is 4. The van der Waals surface area contributed by atoms with Crippen LogP contribution in [0.1, 0.15) is 31.7 Å². The van der Waals surface area contributed by atoms with E-state index in [1.807, 2.05) is 25.1 Å². The molecular formula is C15H21BrO3.